The first kappa shape index (κ1) is 15.4. The number of halogens is 4. The summed E-state index contributed by atoms with van der Waals surface area (Å²) < 4.78 is 28.4. The molecule has 0 saturated carbocycles. The van der Waals surface area contributed by atoms with Gasteiger partial charge in [0.2, 0.25) is 0 Å². The van der Waals surface area contributed by atoms with Crippen molar-refractivity contribution in [1.82, 2.24) is 4.98 Å². The predicted molar refractivity (Wildman–Crippen MR) is 73.0 cm³/mol. The van der Waals surface area contributed by atoms with Crippen molar-refractivity contribution >= 4 is 28.9 Å². The molecule has 110 valence electrons. The van der Waals surface area contributed by atoms with Crippen LogP contribution in [0.4, 0.5) is 14.5 Å². The highest BCUT2D eigenvalue weighted by atomic mass is 35.5. The summed E-state index contributed by atoms with van der Waals surface area (Å²) in [5.74, 6) is -0.776. The third kappa shape index (κ3) is 3.37. The number of pyridine rings is 1. The molecule has 0 aliphatic heterocycles. The Bertz CT molecular complexity index is 678. The van der Waals surface area contributed by atoms with Gasteiger partial charge in [0, 0.05) is 33.4 Å². The molecule has 0 aliphatic carbocycles. The predicted octanol–water partition coefficient (Wildman–Crippen LogP) is 4.57. The topological polar surface area (TPSA) is 65.3 Å². The molecule has 0 bridgehead atoms. The first-order valence-electron chi connectivity index (χ1n) is 5.43. The molecule has 1 aromatic carbocycles. The van der Waals surface area contributed by atoms with Crippen LogP contribution in [-0.2, 0) is 0 Å². The van der Waals surface area contributed by atoms with Crippen molar-refractivity contribution in [3.63, 3.8) is 0 Å². The van der Waals surface area contributed by atoms with Crippen LogP contribution in [0.5, 0.6) is 5.88 Å². The third-order valence-electron chi connectivity index (χ3n) is 2.48. The highest BCUT2D eigenvalue weighted by molar-refractivity contribution is 6.39. The molecular weight excluding hydrogens is 329 g/mol. The molecule has 0 aliphatic rings. The van der Waals surface area contributed by atoms with Gasteiger partial charge in [0.05, 0.1) is 4.92 Å². The SMILES string of the molecule is O=[N+]([O-])c1cc(-c2c(Cl)cccc2Cl)cnc1OC(F)F. The van der Waals surface area contributed by atoms with Crippen molar-refractivity contribution in [1.29, 1.82) is 0 Å². The van der Waals surface area contributed by atoms with Gasteiger partial charge in [-0.1, -0.05) is 29.3 Å². The van der Waals surface area contributed by atoms with Crippen LogP contribution in [0.1, 0.15) is 0 Å². The first-order valence-corrected chi connectivity index (χ1v) is 6.19. The number of benzene rings is 1. The van der Waals surface area contributed by atoms with Crippen LogP contribution in [0, 0.1) is 10.1 Å². The summed E-state index contributed by atoms with van der Waals surface area (Å²) in [5.41, 5.74) is -0.164. The van der Waals surface area contributed by atoms with Crippen molar-refractivity contribution in [2.24, 2.45) is 0 Å². The monoisotopic (exact) mass is 334 g/mol. The van der Waals surface area contributed by atoms with Crippen LogP contribution in [0.3, 0.4) is 0 Å². The lowest BCUT2D eigenvalue weighted by Crippen LogP contribution is -2.06. The molecular formula is C12H6Cl2F2N2O3. The van der Waals surface area contributed by atoms with E-state index in [1.165, 1.54) is 12.1 Å². The number of hydrogen-bond acceptors (Lipinski definition) is 4. The van der Waals surface area contributed by atoms with Crippen LogP contribution >= 0.6 is 23.2 Å². The van der Waals surface area contributed by atoms with E-state index in [4.69, 9.17) is 23.2 Å². The molecule has 0 amide bonds. The molecule has 5 nitrogen and oxygen atoms in total. The maximum Gasteiger partial charge on any atom is 0.388 e. The summed E-state index contributed by atoms with van der Waals surface area (Å²) in [6.45, 7) is -3.22. The van der Waals surface area contributed by atoms with Crippen LogP contribution in [0.15, 0.2) is 30.5 Å². The maximum absolute atomic E-state index is 12.2. The molecule has 21 heavy (non-hydrogen) atoms. The second kappa shape index (κ2) is 6.19. The van der Waals surface area contributed by atoms with E-state index in [9.17, 15) is 18.9 Å². The van der Waals surface area contributed by atoms with Gasteiger partial charge in [-0.05, 0) is 12.1 Å². The van der Waals surface area contributed by atoms with Gasteiger partial charge in [-0.3, -0.25) is 10.1 Å². The number of aromatic nitrogens is 1. The number of alkyl halides is 2. The van der Waals surface area contributed by atoms with Gasteiger partial charge in [0.25, 0.3) is 5.88 Å². The summed E-state index contributed by atoms with van der Waals surface area (Å²) >= 11 is 12.0. The zero-order chi connectivity index (χ0) is 15.6. The second-order valence-corrected chi connectivity index (χ2v) is 4.59. The standard InChI is InChI=1S/C12H6Cl2F2N2O3/c13-7-2-1-3-8(14)10(7)6-4-9(18(19)20)11(17-5-6)21-12(15)16/h1-5,12H. The Morgan fingerprint density at radius 1 is 1.29 bits per heavy atom. The molecule has 0 radical (unpaired) electrons. The fraction of sp³-hybridized carbons (Fsp3) is 0.0833. The fourth-order valence-corrected chi connectivity index (χ4v) is 2.27. The van der Waals surface area contributed by atoms with E-state index in [0.717, 1.165) is 12.3 Å². The lowest BCUT2D eigenvalue weighted by Gasteiger charge is -2.09. The van der Waals surface area contributed by atoms with E-state index < -0.39 is 23.1 Å². The van der Waals surface area contributed by atoms with Crippen molar-refractivity contribution in [3.05, 3.63) is 50.6 Å². The van der Waals surface area contributed by atoms with Crippen LogP contribution in [0.2, 0.25) is 10.0 Å². The minimum Gasteiger partial charge on any atom is -0.411 e. The molecule has 0 unspecified atom stereocenters. The molecule has 0 spiro atoms. The van der Waals surface area contributed by atoms with E-state index in [0.29, 0.717) is 5.56 Å². The summed E-state index contributed by atoms with van der Waals surface area (Å²) in [6.07, 6.45) is 1.12. The van der Waals surface area contributed by atoms with Crippen LogP contribution in [-0.4, -0.2) is 16.5 Å². The van der Waals surface area contributed by atoms with Gasteiger partial charge in [-0.25, -0.2) is 4.98 Å². The highest BCUT2D eigenvalue weighted by Crippen LogP contribution is 2.37. The van der Waals surface area contributed by atoms with E-state index >= 15 is 0 Å². The highest BCUT2D eigenvalue weighted by Gasteiger charge is 2.22. The Labute approximate surface area is 127 Å². The maximum atomic E-state index is 12.2. The first-order chi connectivity index (χ1) is 9.90. The Balaban J connectivity index is 2.57. The Morgan fingerprint density at radius 3 is 2.43 bits per heavy atom. The molecule has 2 aromatic rings. The summed E-state index contributed by atoms with van der Waals surface area (Å²) in [7, 11) is 0. The smallest absolute Gasteiger partial charge is 0.388 e. The number of nitro groups is 1. The largest absolute Gasteiger partial charge is 0.411 e. The van der Waals surface area contributed by atoms with Gasteiger partial charge in [-0.15, -0.1) is 0 Å². The molecule has 0 atom stereocenters. The average molecular weight is 335 g/mol. The number of rotatable bonds is 4. The molecule has 1 aromatic heterocycles. The fourth-order valence-electron chi connectivity index (χ4n) is 1.66. The Hall–Kier alpha value is -1.99. The number of hydrogen-bond donors (Lipinski definition) is 0. The quantitative estimate of drug-likeness (QED) is 0.607. The van der Waals surface area contributed by atoms with E-state index in [2.05, 4.69) is 9.72 Å². The van der Waals surface area contributed by atoms with E-state index in [1.54, 1.807) is 6.07 Å². The van der Waals surface area contributed by atoms with Gasteiger partial charge >= 0.3 is 12.3 Å². The average Bonchev–Trinajstić information content (AvgIpc) is 2.39. The summed E-state index contributed by atoms with van der Waals surface area (Å²) in [6, 6.07) is 5.71. The zero-order valence-corrected chi connectivity index (χ0v) is 11.6. The Kier molecular flexibility index (Phi) is 4.54. The summed E-state index contributed by atoms with van der Waals surface area (Å²) in [5, 5.41) is 11.4. The minimum absolute atomic E-state index is 0.221. The lowest BCUT2D eigenvalue weighted by molar-refractivity contribution is -0.386. The molecule has 0 fully saturated rings. The van der Waals surface area contributed by atoms with Gasteiger partial charge in [-0.2, -0.15) is 8.78 Å². The Morgan fingerprint density at radius 2 is 1.90 bits per heavy atom. The molecule has 9 heteroatoms. The van der Waals surface area contributed by atoms with Gasteiger partial charge in [0.1, 0.15) is 0 Å². The van der Waals surface area contributed by atoms with Crippen molar-refractivity contribution in [2.75, 3.05) is 0 Å². The van der Waals surface area contributed by atoms with Gasteiger partial charge in [0.15, 0.2) is 0 Å². The molecule has 2 rings (SSSR count). The summed E-state index contributed by atoms with van der Waals surface area (Å²) in [4.78, 5) is 13.6. The van der Waals surface area contributed by atoms with E-state index in [-0.39, 0.29) is 15.6 Å². The van der Waals surface area contributed by atoms with Crippen molar-refractivity contribution < 1.29 is 18.4 Å². The minimum atomic E-state index is -3.22. The number of ether oxygens (including phenoxy) is 1. The molecule has 0 saturated heterocycles. The lowest BCUT2D eigenvalue weighted by atomic mass is 10.1. The van der Waals surface area contributed by atoms with Crippen LogP contribution < -0.4 is 4.74 Å². The third-order valence-corrected chi connectivity index (χ3v) is 3.11. The van der Waals surface area contributed by atoms with Crippen molar-refractivity contribution in [2.45, 2.75) is 6.61 Å². The normalized spacial score (nSPS) is 10.7. The number of nitrogens with zero attached hydrogens (tertiary/aromatic N) is 2. The van der Waals surface area contributed by atoms with E-state index in [1.807, 2.05) is 0 Å². The zero-order valence-electron chi connectivity index (χ0n) is 10.1. The van der Waals surface area contributed by atoms with Crippen LogP contribution in [0.25, 0.3) is 11.1 Å². The second-order valence-electron chi connectivity index (χ2n) is 3.78. The van der Waals surface area contributed by atoms with Crippen molar-refractivity contribution in [3.8, 4) is 17.0 Å². The molecule has 1 heterocycles. The van der Waals surface area contributed by atoms with Gasteiger partial charge < -0.3 is 4.74 Å². The molecule has 0 N–H and O–H groups in total.